The minimum atomic E-state index is -4.54. The Kier molecular flexibility index (Phi) is 7.41. The molecule has 2 aromatic rings. The molecule has 0 bridgehead atoms. The molecule has 0 amide bonds. The summed E-state index contributed by atoms with van der Waals surface area (Å²) in [6, 6.07) is 8.14. The van der Waals surface area contributed by atoms with Crippen molar-refractivity contribution in [3.63, 3.8) is 0 Å². The number of alkyl halides is 3. The molecule has 0 radical (unpaired) electrons. The number of methoxy groups -OCH3 is 1. The Morgan fingerprint density at radius 1 is 1.03 bits per heavy atom. The number of nitrogens with one attached hydrogen (secondary N) is 1. The molecule has 0 atom stereocenters. The van der Waals surface area contributed by atoms with Gasteiger partial charge in [0.15, 0.2) is 0 Å². The van der Waals surface area contributed by atoms with Crippen LogP contribution >= 0.6 is 0 Å². The second kappa shape index (κ2) is 10.1. The van der Waals surface area contributed by atoms with E-state index in [1.54, 1.807) is 12.1 Å². The van der Waals surface area contributed by atoms with E-state index in [1.165, 1.54) is 19.2 Å². The Hall–Kier alpha value is -2.28. The number of halogens is 3. The van der Waals surface area contributed by atoms with Gasteiger partial charge >= 0.3 is 12.1 Å². The summed E-state index contributed by atoms with van der Waals surface area (Å²) in [4.78, 5) is 12.6. The van der Waals surface area contributed by atoms with Gasteiger partial charge in [-0.25, -0.2) is 0 Å². The predicted molar refractivity (Wildman–Crippen MR) is 126 cm³/mol. The number of carbonyl (C=O) groups is 1. The van der Waals surface area contributed by atoms with Crippen LogP contribution in [0.15, 0.2) is 30.3 Å². The van der Waals surface area contributed by atoms with Gasteiger partial charge in [0.2, 0.25) is 0 Å². The Labute approximate surface area is 199 Å². The van der Waals surface area contributed by atoms with Gasteiger partial charge in [-0.05, 0) is 66.8 Å². The van der Waals surface area contributed by atoms with Gasteiger partial charge in [-0.3, -0.25) is 10.1 Å². The summed E-state index contributed by atoms with van der Waals surface area (Å²) in [6.07, 6.45) is 2.97. The first-order valence-electron chi connectivity index (χ1n) is 12.4. The molecule has 2 aliphatic carbocycles. The number of rotatable bonds is 6. The van der Waals surface area contributed by atoms with Crippen molar-refractivity contribution in [3.8, 4) is 5.75 Å². The molecule has 0 heterocycles. The fourth-order valence-electron chi connectivity index (χ4n) is 5.54. The van der Waals surface area contributed by atoms with Crippen LogP contribution in [0, 0.1) is 5.92 Å². The fourth-order valence-corrected chi connectivity index (χ4v) is 5.54. The van der Waals surface area contributed by atoms with Gasteiger partial charge in [0.05, 0.1) is 13.2 Å². The van der Waals surface area contributed by atoms with Crippen molar-refractivity contribution in [3.05, 3.63) is 41.5 Å². The van der Waals surface area contributed by atoms with E-state index in [-0.39, 0.29) is 29.8 Å². The van der Waals surface area contributed by atoms with Crippen molar-refractivity contribution in [1.82, 2.24) is 5.32 Å². The van der Waals surface area contributed by atoms with E-state index in [9.17, 15) is 18.0 Å². The Bertz CT molecular complexity index is 1010. The van der Waals surface area contributed by atoms with E-state index in [0.717, 1.165) is 50.5 Å². The molecule has 4 rings (SSSR count). The van der Waals surface area contributed by atoms with Crippen molar-refractivity contribution in [2.24, 2.45) is 5.92 Å². The molecule has 0 aromatic heterocycles. The van der Waals surface area contributed by atoms with Crippen molar-refractivity contribution in [1.29, 1.82) is 0 Å². The van der Waals surface area contributed by atoms with Crippen LogP contribution in [-0.4, -0.2) is 24.7 Å². The zero-order chi connectivity index (χ0) is 24.3. The molecule has 186 valence electrons. The summed E-state index contributed by atoms with van der Waals surface area (Å²) in [5, 5.41) is 4.00. The predicted octanol–water partition coefficient (Wildman–Crippen LogP) is 6.78. The van der Waals surface area contributed by atoms with Crippen LogP contribution in [0.1, 0.15) is 75.8 Å². The van der Waals surface area contributed by atoms with Gasteiger partial charge < -0.3 is 9.47 Å². The Balaban J connectivity index is 1.65. The molecule has 2 saturated carbocycles. The molecule has 7 heteroatoms. The van der Waals surface area contributed by atoms with Crippen LogP contribution in [-0.2, 0) is 22.3 Å². The molecule has 2 aliphatic rings. The number of carbonyl (C=O) groups excluding carboxylic acids is 1. The summed E-state index contributed by atoms with van der Waals surface area (Å²) in [5.41, 5.74) is -0.788. The monoisotopic (exact) mass is 477 g/mol. The minimum absolute atomic E-state index is 0.0945. The van der Waals surface area contributed by atoms with E-state index in [2.05, 4.69) is 12.2 Å². The first kappa shape index (κ1) is 24.8. The molecular weight excluding hydrogens is 443 g/mol. The van der Waals surface area contributed by atoms with Gasteiger partial charge in [-0.1, -0.05) is 50.5 Å². The van der Waals surface area contributed by atoms with Gasteiger partial charge in [-0.15, -0.1) is 0 Å². The number of esters is 1. The molecule has 4 nitrogen and oxygen atoms in total. The lowest BCUT2D eigenvalue weighted by atomic mass is 9.81. The fraction of sp³-hybridized carbons (Fsp3) is 0.593. The highest BCUT2D eigenvalue weighted by atomic mass is 19.4. The largest absolute Gasteiger partial charge is 0.490 e. The maximum absolute atomic E-state index is 14.3. The van der Waals surface area contributed by atoms with E-state index < -0.39 is 17.3 Å². The van der Waals surface area contributed by atoms with Crippen molar-refractivity contribution < 1.29 is 27.4 Å². The molecular formula is C27H34F3NO3. The van der Waals surface area contributed by atoms with Crippen molar-refractivity contribution in [2.45, 2.75) is 89.1 Å². The molecule has 1 N–H and O–H groups in total. The van der Waals surface area contributed by atoms with Crippen LogP contribution in [0.4, 0.5) is 13.2 Å². The zero-order valence-electron chi connectivity index (χ0n) is 20.0. The van der Waals surface area contributed by atoms with Gasteiger partial charge in [-0.2, -0.15) is 13.2 Å². The minimum Gasteiger partial charge on any atom is -0.490 e. The lowest BCUT2D eigenvalue weighted by Crippen LogP contribution is -2.53. The molecule has 0 saturated heterocycles. The maximum Gasteiger partial charge on any atom is 0.420 e. The number of hydrogen-bond acceptors (Lipinski definition) is 4. The highest BCUT2D eigenvalue weighted by Crippen LogP contribution is 2.43. The maximum atomic E-state index is 14.3. The molecule has 0 aliphatic heterocycles. The lowest BCUT2D eigenvalue weighted by molar-refractivity contribution is -0.150. The van der Waals surface area contributed by atoms with E-state index in [0.29, 0.717) is 24.1 Å². The van der Waals surface area contributed by atoms with Gasteiger partial charge in [0.25, 0.3) is 0 Å². The van der Waals surface area contributed by atoms with Crippen LogP contribution in [0.25, 0.3) is 10.8 Å². The summed E-state index contributed by atoms with van der Waals surface area (Å²) >= 11 is 0. The average Bonchev–Trinajstić information content (AvgIpc) is 2.83. The number of benzene rings is 2. The number of fused-ring (bicyclic) bond motifs is 1. The Morgan fingerprint density at radius 2 is 1.74 bits per heavy atom. The third kappa shape index (κ3) is 5.19. The number of hydrogen-bond donors (Lipinski definition) is 1. The van der Waals surface area contributed by atoms with Crippen LogP contribution in [0.2, 0.25) is 0 Å². The first-order chi connectivity index (χ1) is 16.2. The standard InChI is InChI=1S/C27H34F3NO3/c1-18-9-11-20(12-10-18)34-23-14-13-21-19(7-6-8-22(21)24(23)27(28,29)30)17-31-26(25(32)33-2)15-4-3-5-16-26/h6-8,13-14,18,20,31H,3-5,9-12,15-17H2,1-2H3. The topological polar surface area (TPSA) is 47.6 Å². The smallest absolute Gasteiger partial charge is 0.420 e. The molecule has 2 aromatic carbocycles. The molecule has 34 heavy (non-hydrogen) atoms. The van der Waals surface area contributed by atoms with E-state index in [1.807, 2.05) is 6.07 Å². The third-order valence-electron chi connectivity index (χ3n) is 7.55. The SMILES string of the molecule is COC(=O)C1(NCc2cccc3c(C(F)(F)F)c(OC4CCC(C)CC4)ccc23)CCCCC1. The van der Waals surface area contributed by atoms with Crippen molar-refractivity contribution >= 4 is 16.7 Å². The number of ether oxygens (including phenoxy) is 2. The second-order valence-electron chi connectivity index (χ2n) is 9.94. The van der Waals surface area contributed by atoms with Crippen LogP contribution in [0.3, 0.4) is 0 Å². The quantitative estimate of drug-likeness (QED) is 0.466. The zero-order valence-corrected chi connectivity index (χ0v) is 20.0. The highest BCUT2D eigenvalue weighted by molar-refractivity contribution is 5.91. The highest BCUT2D eigenvalue weighted by Gasteiger charge is 2.41. The molecule has 0 unspecified atom stereocenters. The summed E-state index contributed by atoms with van der Waals surface area (Å²) in [7, 11) is 1.38. The normalized spacial score (nSPS) is 23.0. The summed E-state index contributed by atoms with van der Waals surface area (Å²) < 4.78 is 53.8. The van der Waals surface area contributed by atoms with E-state index >= 15 is 0 Å². The molecule has 2 fully saturated rings. The Morgan fingerprint density at radius 3 is 2.38 bits per heavy atom. The third-order valence-corrected chi connectivity index (χ3v) is 7.55. The summed E-state index contributed by atoms with van der Waals surface area (Å²) in [6.45, 7) is 2.45. The van der Waals surface area contributed by atoms with E-state index in [4.69, 9.17) is 9.47 Å². The average molecular weight is 478 g/mol. The van der Waals surface area contributed by atoms with Crippen LogP contribution < -0.4 is 10.1 Å². The van der Waals surface area contributed by atoms with Gasteiger partial charge in [0, 0.05) is 6.54 Å². The first-order valence-corrected chi connectivity index (χ1v) is 12.4. The van der Waals surface area contributed by atoms with Crippen LogP contribution in [0.5, 0.6) is 5.75 Å². The molecule has 0 spiro atoms. The summed E-state index contributed by atoms with van der Waals surface area (Å²) in [5.74, 6) is 0.190. The second-order valence-corrected chi connectivity index (χ2v) is 9.94. The van der Waals surface area contributed by atoms with Gasteiger partial charge in [0.1, 0.15) is 16.9 Å². The van der Waals surface area contributed by atoms with Crippen molar-refractivity contribution in [2.75, 3.05) is 7.11 Å². The lowest BCUT2D eigenvalue weighted by Gasteiger charge is -2.35.